The Morgan fingerprint density at radius 3 is 2.53 bits per heavy atom. The Labute approximate surface area is 115 Å². The fraction of sp³-hybridized carbons (Fsp3) is 0.727. The first-order valence-corrected chi connectivity index (χ1v) is 7.18. The van der Waals surface area contributed by atoms with Gasteiger partial charge in [0.15, 0.2) is 0 Å². The van der Waals surface area contributed by atoms with Crippen molar-refractivity contribution in [1.29, 1.82) is 0 Å². The van der Waals surface area contributed by atoms with Gasteiger partial charge in [0.05, 0.1) is 0 Å². The maximum Gasteiger partial charge on any atom is 0.329 e. The highest BCUT2D eigenvalue weighted by Crippen LogP contribution is 2.21. The molecular formula is C11H18N2O5S. The standard InChI is InChI=1S/C11H18N2O5S/c14-9(6-18-7-10(15)16)13-11(17)12-5-8-1-3-19-4-2-8/h8H,1-7H2,(H,15,16)(H2,12,13,14,17). The number of carbonyl (C=O) groups is 3. The van der Waals surface area contributed by atoms with Crippen molar-refractivity contribution in [2.45, 2.75) is 12.8 Å². The molecule has 0 aromatic carbocycles. The van der Waals surface area contributed by atoms with Gasteiger partial charge in [-0.05, 0) is 30.3 Å². The van der Waals surface area contributed by atoms with Crippen LogP contribution in [-0.2, 0) is 14.3 Å². The van der Waals surface area contributed by atoms with Crippen molar-refractivity contribution in [3.05, 3.63) is 0 Å². The van der Waals surface area contributed by atoms with Crippen LogP contribution in [0, 0.1) is 5.92 Å². The summed E-state index contributed by atoms with van der Waals surface area (Å²) < 4.78 is 4.56. The highest BCUT2D eigenvalue weighted by Gasteiger charge is 2.15. The zero-order valence-corrected chi connectivity index (χ0v) is 11.3. The van der Waals surface area contributed by atoms with E-state index in [1.165, 1.54) is 0 Å². The molecule has 0 saturated carbocycles. The van der Waals surface area contributed by atoms with E-state index in [1.54, 1.807) is 0 Å². The summed E-state index contributed by atoms with van der Waals surface area (Å²) in [5.41, 5.74) is 0. The second kappa shape index (κ2) is 8.76. The number of rotatable bonds is 6. The molecule has 0 aromatic heterocycles. The third-order valence-corrected chi connectivity index (χ3v) is 3.65. The van der Waals surface area contributed by atoms with Crippen LogP contribution in [0.25, 0.3) is 0 Å². The van der Waals surface area contributed by atoms with E-state index in [-0.39, 0.29) is 0 Å². The number of carboxylic acid groups (broad SMARTS) is 1. The molecule has 0 aromatic rings. The van der Waals surface area contributed by atoms with E-state index in [1.807, 2.05) is 11.8 Å². The summed E-state index contributed by atoms with van der Waals surface area (Å²) >= 11 is 1.91. The van der Waals surface area contributed by atoms with E-state index in [9.17, 15) is 14.4 Å². The Morgan fingerprint density at radius 1 is 1.21 bits per heavy atom. The number of carboxylic acids is 1. The molecule has 1 saturated heterocycles. The highest BCUT2D eigenvalue weighted by molar-refractivity contribution is 7.99. The lowest BCUT2D eigenvalue weighted by Gasteiger charge is -2.21. The van der Waals surface area contributed by atoms with Crippen molar-refractivity contribution < 1.29 is 24.2 Å². The number of urea groups is 1. The van der Waals surface area contributed by atoms with Crippen molar-refractivity contribution in [3.63, 3.8) is 0 Å². The van der Waals surface area contributed by atoms with Crippen molar-refractivity contribution in [3.8, 4) is 0 Å². The van der Waals surface area contributed by atoms with Crippen LogP contribution in [0.1, 0.15) is 12.8 Å². The van der Waals surface area contributed by atoms with Crippen LogP contribution in [0.5, 0.6) is 0 Å². The third kappa shape index (κ3) is 7.68. The average molecular weight is 290 g/mol. The molecular weight excluding hydrogens is 272 g/mol. The Kier molecular flexibility index (Phi) is 7.27. The molecule has 0 radical (unpaired) electrons. The SMILES string of the molecule is O=C(O)COCC(=O)NC(=O)NCC1CCSCC1. The molecule has 1 aliphatic rings. The topological polar surface area (TPSA) is 105 Å². The predicted molar refractivity (Wildman–Crippen MR) is 70.0 cm³/mol. The van der Waals surface area contributed by atoms with E-state index in [4.69, 9.17) is 5.11 Å². The summed E-state index contributed by atoms with van der Waals surface area (Å²) in [6.07, 6.45) is 2.14. The zero-order valence-electron chi connectivity index (χ0n) is 10.5. The molecule has 1 fully saturated rings. The van der Waals surface area contributed by atoms with Crippen molar-refractivity contribution in [1.82, 2.24) is 10.6 Å². The molecule has 0 atom stereocenters. The molecule has 3 N–H and O–H groups in total. The van der Waals surface area contributed by atoms with Crippen LogP contribution in [0.3, 0.4) is 0 Å². The Morgan fingerprint density at radius 2 is 1.89 bits per heavy atom. The number of thioether (sulfide) groups is 1. The number of hydrogen-bond donors (Lipinski definition) is 3. The molecule has 0 spiro atoms. The smallest absolute Gasteiger partial charge is 0.329 e. The van der Waals surface area contributed by atoms with E-state index in [0.29, 0.717) is 12.5 Å². The molecule has 1 aliphatic heterocycles. The van der Waals surface area contributed by atoms with Gasteiger partial charge in [-0.25, -0.2) is 9.59 Å². The minimum absolute atomic E-state index is 0.445. The molecule has 3 amide bonds. The number of nitrogens with one attached hydrogen (secondary N) is 2. The van der Waals surface area contributed by atoms with Crippen LogP contribution in [0.15, 0.2) is 0 Å². The van der Waals surface area contributed by atoms with Crippen LogP contribution in [0.4, 0.5) is 4.79 Å². The van der Waals surface area contributed by atoms with Gasteiger partial charge in [-0.1, -0.05) is 0 Å². The second-order valence-corrected chi connectivity index (χ2v) is 5.43. The van der Waals surface area contributed by atoms with E-state index in [0.717, 1.165) is 24.3 Å². The number of hydrogen-bond acceptors (Lipinski definition) is 5. The number of carbonyl (C=O) groups excluding carboxylic acids is 2. The van der Waals surface area contributed by atoms with E-state index >= 15 is 0 Å². The van der Waals surface area contributed by atoms with Gasteiger partial charge in [-0.3, -0.25) is 10.1 Å². The lowest BCUT2D eigenvalue weighted by molar-refractivity contribution is -0.143. The van der Waals surface area contributed by atoms with Gasteiger partial charge in [0.25, 0.3) is 5.91 Å². The second-order valence-electron chi connectivity index (χ2n) is 4.20. The molecule has 0 unspecified atom stereocenters. The molecule has 19 heavy (non-hydrogen) atoms. The quantitative estimate of drug-likeness (QED) is 0.639. The minimum Gasteiger partial charge on any atom is -0.480 e. The van der Waals surface area contributed by atoms with Gasteiger partial charge < -0.3 is 15.2 Å². The summed E-state index contributed by atoms with van der Waals surface area (Å²) in [7, 11) is 0. The Hall–Kier alpha value is -1.28. The van der Waals surface area contributed by atoms with Crippen LogP contribution in [-0.4, -0.2) is 54.3 Å². The van der Waals surface area contributed by atoms with Crippen LogP contribution < -0.4 is 10.6 Å². The first-order chi connectivity index (χ1) is 9.08. The zero-order chi connectivity index (χ0) is 14.1. The van der Waals surface area contributed by atoms with Crippen LogP contribution >= 0.6 is 11.8 Å². The minimum atomic E-state index is -1.16. The van der Waals surface area contributed by atoms with Gasteiger partial charge in [0, 0.05) is 6.54 Å². The van der Waals surface area contributed by atoms with Crippen molar-refractivity contribution >= 4 is 29.7 Å². The molecule has 8 heteroatoms. The van der Waals surface area contributed by atoms with Crippen LogP contribution in [0.2, 0.25) is 0 Å². The fourth-order valence-corrected chi connectivity index (χ4v) is 2.83. The summed E-state index contributed by atoms with van der Waals surface area (Å²) in [5.74, 6) is 0.863. The summed E-state index contributed by atoms with van der Waals surface area (Å²) in [6, 6.07) is -0.567. The summed E-state index contributed by atoms with van der Waals surface area (Å²) in [4.78, 5) is 32.7. The first kappa shape index (κ1) is 15.8. The van der Waals surface area contributed by atoms with E-state index < -0.39 is 31.1 Å². The Balaban J connectivity index is 2.08. The largest absolute Gasteiger partial charge is 0.480 e. The predicted octanol–water partition coefficient (Wildman–Crippen LogP) is 0.0566. The molecule has 0 aliphatic carbocycles. The van der Waals surface area contributed by atoms with Gasteiger partial charge in [-0.15, -0.1) is 0 Å². The van der Waals surface area contributed by atoms with Gasteiger partial charge in [0.1, 0.15) is 13.2 Å². The number of imide groups is 1. The first-order valence-electron chi connectivity index (χ1n) is 6.03. The monoisotopic (exact) mass is 290 g/mol. The number of aliphatic carboxylic acids is 1. The van der Waals surface area contributed by atoms with Gasteiger partial charge >= 0.3 is 12.0 Å². The summed E-state index contributed by atoms with van der Waals surface area (Å²) in [6.45, 7) is -0.454. The molecule has 7 nitrogen and oxygen atoms in total. The fourth-order valence-electron chi connectivity index (χ4n) is 1.63. The average Bonchev–Trinajstić information content (AvgIpc) is 2.37. The molecule has 108 valence electrons. The van der Waals surface area contributed by atoms with Crippen molar-refractivity contribution in [2.24, 2.45) is 5.92 Å². The normalized spacial score (nSPS) is 15.8. The van der Waals surface area contributed by atoms with Gasteiger partial charge in [0.2, 0.25) is 0 Å². The maximum atomic E-state index is 11.4. The number of ether oxygens (including phenoxy) is 1. The third-order valence-electron chi connectivity index (χ3n) is 2.60. The summed E-state index contributed by atoms with van der Waals surface area (Å²) in [5, 5.41) is 13.0. The lowest BCUT2D eigenvalue weighted by Crippen LogP contribution is -2.43. The molecule has 1 rings (SSSR count). The highest BCUT2D eigenvalue weighted by atomic mass is 32.2. The lowest BCUT2D eigenvalue weighted by atomic mass is 10.0. The molecule has 0 bridgehead atoms. The number of amides is 3. The van der Waals surface area contributed by atoms with Gasteiger partial charge in [-0.2, -0.15) is 11.8 Å². The van der Waals surface area contributed by atoms with E-state index in [2.05, 4.69) is 15.4 Å². The molecule has 1 heterocycles. The Bertz CT molecular complexity index is 331. The maximum absolute atomic E-state index is 11.4. The van der Waals surface area contributed by atoms with Crippen molar-refractivity contribution in [2.75, 3.05) is 31.3 Å².